The highest BCUT2D eigenvalue weighted by atomic mass is 32.1. The van der Waals surface area contributed by atoms with E-state index in [2.05, 4.69) is 39.6 Å². The Balaban J connectivity index is 1.77. The number of hydrogen-bond donors (Lipinski definition) is 1. The molecule has 0 bridgehead atoms. The first-order chi connectivity index (χ1) is 10.1. The van der Waals surface area contributed by atoms with Gasteiger partial charge in [-0.05, 0) is 19.5 Å². The average Bonchev–Trinajstić information content (AvgIpc) is 3.06. The van der Waals surface area contributed by atoms with Crippen molar-refractivity contribution >= 4 is 22.4 Å². The minimum absolute atomic E-state index is 0.0318. The zero-order valence-electron chi connectivity index (χ0n) is 12.1. The van der Waals surface area contributed by atoms with E-state index >= 15 is 0 Å². The molecule has 0 saturated carbocycles. The predicted octanol–water partition coefficient (Wildman–Crippen LogP) is 2.13. The molecule has 1 aromatic heterocycles. The molecule has 3 rings (SSSR count). The number of aromatic nitrogens is 2. The molecule has 1 aliphatic heterocycles. The van der Waals surface area contributed by atoms with Crippen LogP contribution in [0.4, 0.5) is 5.13 Å². The third-order valence-electron chi connectivity index (χ3n) is 3.82. The highest BCUT2D eigenvalue weighted by molar-refractivity contribution is 7.15. The molecule has 110 valence electrons. The first kappa shape index (κ1) is 14.2. The summed E-state index contributed by atoms with van der Waals surface area (Å²) < 4.78 is 0. The molecule has 1 amide bonds. The molecular formula is C15H18N4OS. The topological polar surface area (TPSA) is 58.1 Å². The zero-order chi connectivity index (χ0) is 14.8. The number of anilines is 1. The van der Waals surface area contributed by atoms with Crippen LogP contribution in [-0.4, -0.2) is 41.1 Å². The predicted molar refractivity (Wildman–Crippen MR) is 83.4 cm³/mol. The number of benzene rings is 1. The summed E-state index contributed by atoms with van der Waals surface area (Å²) >= 11 is 1.40. The van der Waals surface area contributed by atoms with Gasteiger partial charge in [0.05, 0.1) is 5.92 Å². The van der Waals surface area contributed by atoms with Crippen molar-refractivity contribution in [1.29, 1.82) is 0 Å². The standard InChI is InChI=1S/C15H18N4OS/c1-10-17-18-15(21-10)16-14(20)13-9-19(2)8-12(13)11-6-4-3-5-7-11/h3-7,12-13H,8-9H2,1-2H3,(H,16,18,20)/t12-,13+/m1/s1. The van der Waals surface area contributed by atoms with Gasteiger partial charge in [-0.25, -0.2) is 0 Å². The lowest BCUT2D eigenvalue weighted by molar-refractivity contribution is -0.119. The van der Waals surface area contributed by atoms with Gasteiger partial charge in [-0.15, -0.1) is 10.2 Å². The van der Waals surface area contributed by atoms with E-state index in [1.54, 1.807) is 0 Å². The number of rotatable bonds is 3. The highest BCUT2D eigenvalue weighted by Crippen LogP contribution is 2.32. The lowest BCUT2D eigenvalue weighted by atomic mass is 9.88. The number of nitrogens with one attached hydrogen (secondary N) is 1. The molecular weight excluding hydrogens is 284 g/mol. The number of amides is 1. The monoisotopic (exact) mass is 302 g/mol. The number of nitrogens with zero attached hydrogens (tertiary/aromatic N) is 3. The van der Waals surface area contributed by atoms with Crippen molar-refractivity contribution in [3.8, 4) is 0 Å². The van der Waals surface area contributed by atoms with Gasteiger partial charge >= 0.3 is 0 Å². The van der Waals surface area contributed by atoms with Crippen LogP contribution in [0.2, 0.25) is 0 Å². The van der Waals surface area contributed by atoms with E-state index in [0.29, 0.717) is 5.13 Å². The quantitative estimate of drug-likeness (QED) is 0.943. The first-order valence-electron chi connectivity index (χ1n) is 6.98. The maximum Gasteiger partial charge on any atom is 0.231 e. The van der Waals surface area contributed by atoms with Crippen molar-refractivity contribution in [1.82, 2.24) is 15.1 Å². The number of carbonyl (C=O) groups excluding carboxylic acids is 1. The molecule has 0 aliphatic carbocycles. The van der Waals surface area contributed by atoms with Gasteiger partial charge in [-0.2, -0.15) is 0 Å². The fraction of sp³-hybridized carbons (Fsp3) is 0.400. The zero-order valence-corrected chi connectivity index (χ0v) is 12.9. The van der Waals surface area contributed by atoms with Crippen molar-refractivity contribution in [3.63, 3.8) is 0 Å². The summed E-state index contributed by atoms with van der Waals surface area (Å²) in [5.41, 5.74) is 1.22. The van der Waals surface area contributed by atoms with Crippen LogP contribution in [0.15, 0.2) is 30.3 Å². The van der Waals surface area contributed by atoms with Crippen LogP contribution < -0.4 is 5.32 Å². The van der Waals surface area contributed by atoms with E-state index in [-0.39, 0.29) is 17.7 Å². The fourth-order valence-electron chi connectivity index (χ4n) is 2.85. The lowest BCUT2D eigenvalue weighted by Gasteiger charge is -2.17. The molecule has 0 unspecified atom stereocenters. The molecule has 1 aliphatic rings. The first-order valence-corrected chi connectivity index (χ1v) is 7.79. The van der Waals surface area contributed by atoms with E-state index in [1.807, 2.05) is 25.1 Å². The van der Waals surface area contributed by atoms with Crippen molar-refractivity contribution < 1.29 is 4.79 Å². The molecule has 2 aromatic rings. The van der Waals surface area contributed by atoms with Crippen molar-refractivity contribution in [2.75, 3.05) is 25.5 Å². The Hall–Kier alpha value is -1.79. The van der Waals surface area contributed by atoms with Crippen molar-refractivity contribution in [3.05, 3.63) is 40.9 Å². The largest absolute Gasteiger partial charge is 0.305 e. The Morgan fingerprint density at radius 3 is 2.71 bits per heavy atom. The molecule has 0 spiro atoms. The lowest BCUT2D eigenvalue weighted by Crippen LogP contribution is -2.28. The Morgan fingerprint density at radius 1 is 1.29 bits per heavy atom. The van der Waals surface area contributed by atoms with Crippen LogP contribution in [0.3, 0.4) is 0 Å². The Labute approximate surface area is 128 Å². The van der Waals surface area contributed by atoms with Crippen LogP contribution in [0.5, 0.6) is 0 Å². The second kappa shape index (κ2) is 5.91. The normalized spacial score (nSPS) is 22.4. The molecule has 2 atom stereocenters. The van der Waals surface area contributed by atoms with Gasteiger partial charge in [-0.1, -0.05) is 41.7 Å². The summed E-state index contributed by atoms with van der Waals surface area (Å²) in [6, 6.07) is 10.2. The number of carbonyl (C=O) groups is 1. The summed E-state index contributed by atoms with van der Waals surface area (Å²) in [7, 11) is 2.05. The fourth-order valence-corrected chi connectivity index (χ4v) is 3.44. The number of likely N-dealkylation sites (tertiary alicyclic amines) is 1. The number of likely N-dealkylation sites (N-methyl/N-ethyl adjacent to an activating group) is 1. The van der Waals surface area contributed by atoms with E-state index in [1.165, 1.54) is 16.9 Å². The van der Waals surface area contributed by atoms with Crippen LogP contribution >= 0.6 is 11.3 Å². The summed E-state index contributed by atoms with van der Waals surface area (Å²) in [4.78, 5) is 14.8. The van der Waals surface area contributed by atoms with E-state index < -0.39 is 0 Å². The van der Waals surface area contributed by atoms with Crippen LogP contribution in [0, 0.1) is 12.8 Å². The number of aryl methyl sites for hydroxylation is 1. The molecule has 1 aromatic carbocycles. The molecule has 0 radical (unpaired) electrons. The molecule has 2 heterocycles. The Kier molecular flexibility index (Phi) is 3.98. The Bertz CT molecular complexity index is 628. The molecule has 5 nitrogen and oxygen atoms in total. The number of hydrogen-bond acceptors (Lipinski definition) is 5. The molecule has 1 fully saturated rings. The van der Waals surface area contributed by atoms with Gasteiger partial charge < -0.3 is 10.2 Å². The minimum atomic E-state index is -0.0541. The van der Waals surface area contributed by atoms with Crippen LogP contribution in [-0.2, 0) is 4.79 Å². The molecule has 21 heavy (non-hydrogen) atoms. The smallest absolute Gasteiger partial charge is 0.231 e. The second-order valence-corrected chi connectivity index (χ2v) is 6.64. The van der Waals surface area contributed by atoms with Gasteiger partial charge in [-0.3, -0.25) is 4.79 Å². The molecule has 1 N–H and O–H groups in total. The van der Waals surface area contributed by atoms with Gasteiger partial charge in [0.2, 0.25) is 11.0 Å². The SMILES string of the molecule is Cc1nnc(NC(=O)[C@H]2CN(C)C[C@@H]2c2ccccc2)s1. The summed E-state index contributed by atoms with van der Waals surface area (Å²) in [6.07, 6.45) is 0. The van der Waals surface area contributed by atoms with Crippen LogP contribution in [0.1, 0.15) is 16.5 Å². The second-order valence-electron chi connectivity index (χ2n) is 5.46. The van der Waals surface area contributed by atoms with Crippen molar-refractivity contribution in [2.45, 2.75) is 12.8 Å². The maximum atomic E-state index is 12.6. The third-order valence-corrected chi connectivity index (χ3v) is 4.58. The van der Waals surface area contributed by atoms with E-state index in [4.69, 9.17) is 0 Å². The minimum Gasteiger partial charge on any atom is -0.305 e. The van der Waals surface area contributed by atoms with E-state index in [9.17, 15) is 4.79 Å². The van der Waals surface area contributed by atoms with Crippen LogP contribution in [0.25, 0.3) is 0 Å². The van der Waals surface area contributed by atoms with Gasteiger partial charge in [0.1, 0.15) is 5.01 Å². The van der Waals surface area contributed by atoms with E-state index in [0.717, 1.165) is 18.1 Å². The summed E-state index contributed by atoms with van der Waals surface area (Å²) in [6.45, 7) is 3.55. The van der Waals surface area contributed by atoms with Crippen molar-refractivity contribution in [2.24, 2.45) is 5.92 Å². The van der Waals surface area contributed by atoms with Gasteiger partial charge in [0.25, 0.3) is 0 Å². The summed E-state index contributed by atoms with van der Waals surface area (Å²) in [5, 5.41) is 12.2. The third kappa shape index (κ3) is 3.11. The molecule has 6 heteroatoms. The molecule has 1 saturated heterocycles. The van der Waals surface area contributed by atoms with Gasteiger partial charge in [0, 0.05) is 19.0 Å². The maximum absolute atomic E-state index is 12.6. The van der Waals surface area contributed by atoms with Gasteiger partial charge in [0.15, 0.2) is 0 Å². The Morgan fingerprint density at radius 2 is 2.05 bits per heavy atom. The average molecular weight is 302 g/mol. The highest BCUT2D eigenvalue weighted by Gasteiger charge is 2.37. The summed E-state index contributed by atoms with van der Waals surface area (Å²) in [5.74, 6) is 0.205.